The highest BCUT2D eigenvalue weighted by molar-refractivity contribution is 5.86. The monoisotopic (exact) mass is 486 g/mol. The number of amides is 2. The van der Waals surface area contributed by atoms with E-state index in [9.17, 15) is 28.3 Å². The lowest BCUT2D eigenvalue weighted by Crippen LogP contribution is -2.49. The molecule has 1 fully saturated rings. The number of rotatable bonds is 9. The van der Waals surface area contributed by atoms with Crippen LogP contribution in [0.2, 0.25) is 0 Å². The number of aliphatic carboxylic acids is 1. The summed E-state index contributed by atoms with van der Waals surface area (Å²) >= 11 is 0. The van der Waals surface area contributed by atoms with Gasteiger partial charge in [-0.1, -0.05) is 55.0 Å². The summed E-state index contributed by atoms with van der Waals surface area (Å²) in [5, 5.41) is 14.1. The molecular weight excluding hydrogens is 458 g/mol. The minimum Gasteiger partial charge on any atom is -0.481 e. The Hall–Kier alpha value is -3.49. The first-order valence-electron chi connectivity index (χ1n) is 11.7. The topological polar surface area (TPSA) is 105 Å². The van der Waals surface area contributed by atoms with Crippen LogP contribution in [0.5, 0.6) is 0 Å². The van der Waals surface area contributed by atoms with E-state index >= 15 is 0 Å². The van der Waals surface area contributed by atoms with Crippen molar-refractivity contribution in [1.82, 2.24) is 10.6 Å². The molecule has 0 aliphatic heterocycles. The van der Waals surface area contributed by atoms with Crippen LogP contribution in [0.3, 0.4) is 0 Å². The van der Waals surface area contributed by atoms with Crippen molar-refractivity contribution >= 4 is 18.0 Å². The van der Waals surface area contributed by atoms with Crippen LogP contribution in [0, 0.1) is 11.8 Å². The highest BCUT2D eigenvalue weighted by Crippen LogP contribution is 2.44. The van der Waals surface area contributed by atoms with E-state index < -0.39 is 42.8 Å². The predicted molar refractivity (Wildman–Crippen MR) is 124 cm³/mol. The van der Waals surface area contributed by atoms with Crippen LogP contribution < -0.4 is 10.6 Å². The zero-order valence-corrected chi connectivity index (χ0v) is 19.1. The number of halogens is 2. The molecule has 0 saturated heterocycles. The summed E-state index contributed by atoms with van der Waals surface area (Å²) in [4.78, 5) is 36.4. The first kappa shape index (κ1) is 24.6. The number of fused-ring (bicyclic) bond motifs is 3. The van der Waals surface area contributed by atoms with Gasteiger partial charge in [-0.15, -0.1) is 0 Å². The highest BCUT2D eigenvalue weighted by atomic mass is 19.3. The zero-order valence-electron chi connectivity index (χ0n) is 19.1. The molecule has 0 bridgehead atoms. The quantitative estimate of drug-likeness (QED) is 0.494. The zero-order chi connectivity index (χ0) is 24.9. The second-order valence-corrected chi connectivity index (χ2v) is 9.03. The number of benzene rings is 2. The molecule has 0 radical (unpaired) electrons. The van der Waals surface area contributed by atoms with Crippen molar-refractivity contribution in [2.45, 2.75) is 44.1 Å². The third-order valence-electron chi connectivity index (χ3n) is 6.88. The maximum absolute atomic E-state index is 13.1. The molecule has 0 aromatic heterocycles. The molecule has 2 amide bonds. The van der Waals surface area contributed by atoms with Crippen LogP contribution in [-0.4, -0.2) is 48.7 Å². The fourth-order valence-corrected chi connectivity index (χ4v) is 5.15. The van der Waals surface area contributed by atoms with Crippen LogP contribution in [0.1, 0.15) is 42.7 Å². The summed E-state index contributed by atoms with van der Waals surface area (Å²) < 4.78 is 31.6. The molecule has 186 valence electrons. The Morgan fingerprint density at radius 2 is 1.63 bits per heavy atom. The van der Waals surface area contributed by atoms with Crippen molar-refractivity contribution in [3.8, 4) is 11.1 Å². The average molecular weight is 487 g/mol. The molecule has 1 unspecified atom stereocenters. The fourth-order valence-electron chi connectivity index (χ4n) is 5.15. The van der Waals surface area contributed by atoms with Gasteiger partial charge in [0, 0.05) is 18.9 Å². The fraction of sp³-hybridized carbons (Fsp3) is 0.423. The summed E-state index contributed by atoms with van der Waals surface area (Å²) in [5.41, 5.74) is 4.12. The number of hydrogen-bond acceptors (Lipinski definition) is 4. The number of alkyl carbamates (subject to hydrolysis) is 1. The Balaban J connectivity index is 1.36. The number of carboxylic acid groups (broad SMARTS) is 1. The van der Waals surface area contributed by atoms with Crippen LogP contribution in [0.15, 0.2) is 48.5 Å². The molecular formula is C26H28F2N2O5. The Bertz CT molecular complexity index is 1050. The van der Waals surface area contributed by atoms with E-state index in [1.165, 1.54) is 0 Å². The van der Waals surface area contributed by atoms with Crippen molar-refractivity contribution in [2.24, 2.45) is 11.8 Å². The van der Waals surface area contributed by atoms with Gasteiger partial charge in [-0.25, -0.2) is 13.6 Å². The lowest BCUT2D eigenvalue weighted by atomic mass is 9.96. The number of ether oxygens (including phenoxy) is 1. The van der Waals surface area contributed by atoms with Crippen LogP contribution >= 0.6 is 0 Å². The molecule has 7 nitrogen and oxygen atoms in total. The van der Waals surface area contributed by atoms with Gasteiger partial charge in [0.2, 0.25) is 12.3 Å². The van der Waals surface area contributed by atoms with E-state index in [1.54, 1.807) is 0 Å². The average Bonchev–Trinajstić information content (AvgIpc) is 3.43. The second kappa shape index (κ2) is 10.8. The molecule has 9 heteroatoms. The van der Waals surface area contributed by atoms with Crippen molar-refractivity contribution in [3.05, 3.63) is 59.7 Å². The minimum absolute atomic E-state index is 0.00869. The Labute approximate surface area is 201 Å². The molecule has 2 aromatic carbocycles. The largest absolute Gasteiger partial charge is 0.481 e. The molecule has 2 aromatic rings. The summed E-state index contributed by atoms with van der Waals surface area (Å²) in [7, 11) is 0. The molecule has 1 saturated carbocycles. The molecule has 0 spiro atoms. The lowest BCUT2D eigenvalue weighted by molar-refractivity contribution is -0.143. The molecule has 2 aliphatic carbocycles. The summed E-state index contributed by atoms with van der Waals surface area (Å²) in [5.74, 6) is -2.75. The Morgan fingerprint density at radius 3 is 2.23 bits per heavy atom. The second-order valence-electron chi connectivity index (χ2n) is 9.03. The molecule has 2 aliphatic rings. The van der Waals surface area contributed by atoms with E-state index in [4.69, 9.17) is 4.74 Å². The molecule has 35 heavy (non-hydrogen) atoms. The number of alkyl halides is 2. The van der Waals surface area contributed by atoms with Gasteiger partial charge in [0.05, 0.1) is 5.92 Å². The van der Waals surface area contributed by atoms with Crippen molar-refractivity contribution in [2.75, 3.05) is 13.2 Å². The number of nitrogens with one attached hydrogen (secondary N) is 2. The maximum Gasteiger partial charge on any atom is 0.407 e. The van der Waals surface area contributed by atoms with E-state index in [0.29, 0.717) is 12.8 Å². The van der Waals surface area contributed by atoms with Gasteiger partial charge >= 0.3 is 12.1 Å². The predicted octanol–water partition coefficient (Wildman–Crippen LogP) is 4.17. The molecule has 0 heterocycles. The van der Waals surface area contributed by atoms with Gasteiger partial charge in [0.25, 0.3) is 0 Å². The summed E-state index contributed by atoms with van der Waals surface area (Å²) in [6.07, 6.45) is -2.76. The highest BCUT2D eigenvalue weighted by Gasteiger charge is 2.34. The van der Waals surface area contributed by atoms with Crippen molar-refractivity contribution in [3.63, 3.8) is 0 Å². The molecule has 3 atom stereocenters. The minimum atomic E-state index is -2.82. The summed E-state index contributed by atoms with van der Waals surface area (Å²) in [6.45, 7) is 0.0488. The first-order valence-corrected chi connectivity index (χ1v) is 11.7. The molecule has 3 N–H and O–H groups in total. The van der Waals surface area contributed by atoms with E-state index in [1.807, 2.05) is 48.5 Å². The van der Waals surface area contributed by atoms with Gasteiger partial charge in [-0.05, 0) is 41.0 Å². The van der Waals surface area contributed by atoms with E-state index in [-0.39, 0.29) is 25.0 Å². The Kier molecular flexibility index (Phi) is 7.63. The Morgan fingerprint density at radius 1 is 1.00 bits per heavy atom. The van der Waals surface area contributed by atoms with Crippen LogP contribution in [-0.2, 0) is 14.3 Å². The number of carboxylic acids is 1. The van der Waals surface area contributed by atoms with E-state index in [0.717, 1.165) is 28.7 Å². The third kappa shape index (κ3) is 5.61. The van der Waals surface area contributed by atoms with Crippen molar-refractivity contribution in [1.29, 1.82) is 0 Å². The van der Waals surface area contributed by atoms with Crippen molar-refractivity contribution < 1.29 is 33.0 Å². The number of hydrogen-bond donors (Lipinski definition) is 3. The normalized spacial score (nSPS) is 19.6. The molecule has 4 rings (SSSR count). The van der Waals surface area contributed by atoms with Gasteiger partial charge < -0.3 is 20.5 Å². The number of carbonyl (C=O) groups is 3. The first-order chi connectivity index (χ1) is 16.8. The van der Waals surface area contributed by atoms with Gasteiger partial charge in [0.15, 0.2) is 0 Å². The summed E-state index contributed by atoms with van der Waals surface area (Å²) in [6, 6.07) is 14.1. The van der Waals surface area contributed by atoms with E-state index in [2.05, 4.69) is 10.6 Å². The maximum atomic E-state index is 13.1. The van der Waals surface area contributed by atoms with Crippen LogP contribution in [0.25, 0.3) is 11.1 Å². The SMILES string of the molecule is O=C(NC(CC(F)F)C(=O)NC[C@@H]1CCC[C@@H]1C(=O)O)OCC1c2ccccc2-c2ccccc21. The lowest BCUT2D eigenvalue weighted by Gasteiger charge is -2.21. The smallest absolute Gasteiger partial charge is 0.407 e. The number of carbonyl (C=O) groups excluding carboxylic acids is 2. The van der Waals surface area contributed by atoms with Gasteiger partial charge in [-0.3, -0.25) is 9.59 Å². The van der Waals surface area contributed by atoms with Gasteiger partial charge in [0.1, 0.15) is 12.6 Å². The third-order valence-corrected chi connectivity index (χ3v) is 6.88. The standard InChI is InChI=1S/C26H28F2N2O5/c27-23(28)12-22(24(31)29-13-15-6-5-11-16(15)25(32)33)30-26(34)35-14-21-19-9-3-1-7-17(19)18-8-2-4-10-20(18)21/h1-4,7-10,15-16,21-23H,5-6,11-14H2,(H,29,31)(H,30,34)(H,32,33)/t15-,16-,22?/m0/s1. The van der Waals surface area contributed by atoms with Gasteiger partial charge in [-0.2, -0.15) is 0 Å². The van der Waals surface area contributed by atoms with Crippen LogP contribution in [0.4, 0.5) is 13.6 Å².